The van der Waals surface area contributed by atoms with Gasteiger partial charge in [0.05, 0.1) is 0 Å². The van der Waals surface area contributed by atoms with Crippen molar-refractivity contribution in [2.45, 2.75) is 6.92 Å². The van der Waals surface area contributed by atoms with Gasteiger partial charge in [-0.2, -0.15) is 0 Å². The number of anilines is 1. The fourth-order valence-corrected chi connectivity index (χ4v) is 1.01. The van der Waals surface area contributed by atoms with Gasteiger partial charge in [0.25, 0.3) is 0 Å². The molecule has 3 nitrogen and oxygen atoms in total. The molecule has 0 atom stereocenters. The van der Waals surface area contributed by atoms with Gasteiger partial charge in [-0.15, -0.1) is 0 Å². The van der Waals surface area contributed by atoms with Gasteiger partial charge in [0, 0.05) is 5.69 Å². The van der Waals surface area contributed by atoms with E-state index in [0.29, 0.717) is 16.4 Å². The number of hydrogen-bond acceptors (Lipinski definition) is 2. The summed E-state index contributed by atoms with van der Waals surface area (Å²) >= 11 is 4.77. The molecule has 0 aromatic heterocycles. The number of hydrazine groups is 1. The molecule has 0 heterocycles. The van der Waals surface area contributed by atoms with Crippen molar-refractivity contribution in [3.63, 3.8) is 0 Å². The van der Waals surface area contributed by atoms with Gasteiger partial charge in [-0.3, -0.25) is 0 Å². The zero-order valence-electron chi connectivity index (χ0n) is 7.10. The summed E-state index contributed by atoms with van der Waals surface area (Å²) in [7, 11) is 0. The van der Waals surface area contributed by atoms with Crippen molar-refractivity contribution in [2.24, 2.45) is 5.84 Å². The third-order valence-corrected chi connectivity index (χ3v) is 1.77. The summed E-state index contributed by atoms with van der Waals surface area (Å²) in [6.45, 7) is 1.68. The molecule has 0 unspecified atom stereocenters. The second-order valence-electron chi connectivity index (χ2n) is 2.56. The number of thiocarbonyl (C=S) groups is 1. The molecule has 5 heteroatoms. The van der Waals surface area contributed by atoms with E-state index in [1.54, 1.807) is 19.1 Å². The van der Waals surface area contributed by atoms with E-state index in [4.69, 9.17) is 18.1 Å². The summed E-state index contributed by atoms with van der Waals surface area (Å²) < 4.78 is 12.8. The van der Waals surface area contributed by atoms with Gasteiger partial charge in [0.2, 0.25) is 0 Å². The highest BCUT2D eigenvalue weighted by molar-refractivity contribution is 7.80. The van der Waals surface area contributed by atoms with E-state index in [1.165, 1.54) is 6.07 Å². The van der Waals surface area contributed by atoms with Crippen LogP contribution in [0.1, 0.15) is 5.56 Å². The summed E-state index contributed by atoms with van der Waals surface area (Å²) in [6, 6.07) is 4.61. The van der Waals surface area contributed by atoms with Crippen LogP contribution in [0.25, 0.3) is 0 Å². The number of hydrogen-bond donors (Lipinski definition) is 3. The number of benzene rings is 1. The molecular weight excluding hydrogens is 189 g/mol. The monoisotopic (exact) mass is 199 g/mol. The van der Waals surface area contributed by atoms with E-state index in [9.17, 15) is 4.39 Å². The first kappa shape index (κ1) is 9.88. The van der Waals surface area contributed by atoms with E-state index in [-0.39, 0.29) is 5.82 Å². The molecule has 0 spiro atoms. The lowest BCUT2D eigenvalue weighted by atomic mass is 10.2. The zero-order chi connectivity index (χ0) is 9.84. The van der Waals surface area contributed by atoms with Crippen LogP contribution in [0.5, 0.6) is 0 Å². The Bertz CT molecular complexity index is 327. The summed E-state index contributed by atoms with van der Waals surface area (Å²) in [5.74, 6) is 4.82. The summed E-state index contributed by atoms with van der Waals surface area (Å²) in [4.78, 5) is 0. The molecule has 1 aromatic rings. The third kappa shape index (κ3) is 2.64. The first-order valence-electron chi connectivity index (χ1n) is 3.67. The highest BCUT2D eigenvalue weighted by atomic mass is 32.1. The van der Waals surface area contributed by atoms with Crippen molar-refractivity contribution in [1.29, 1.82) is 0 Å². The van der Waals surface area contributed by atoms with E-state index < -0.39 is 0 Å². The molecule has 1 rings (SSSR count). The highest BCUT2D eigenvalue weighted by Crippen LogP contribution is 2.13. The van der Waals surface area contributed by atoms with Gasteiger partial charge >= 0.3 is 0 Å². The van der Waals surface area contributed by atoms with E-state index in [2.05, 4.69) is 10.7 Å². The second-order valence-corrected chi connectivity index (χ2v) is 2.97. The van der Waals surface area contributed by atoms with Gasteiger partial charge in [-0.1, -0.05) is 0 Å². The van der Waals surface area contributed by atoms with Crippen LogP contribution in [0.2, 0.25) is 0 Å². The molecular formula is C8H10FN3S. The molecule has 0 saturated carbocycles. The molecule has 0 amide bonds. The number of nitrogens with two attached hydrogens (primary N) is 1. The van der Waals surface area contributed by atoms with Crippen LogP contribution >= 0.6 is 12.2 Å². The van der Waals surface area contributed by atoms with Crippen LogP contribution in [0.15, 0.2) is 18.2 Å². The molecule has 0 bridgehead atoms. The Morgan fingerprint density at radius 3 is 2.77 bits per heavy atom. The average Bonchev–Trinajstić information content (AvgIpc) is 2.11. The van der Waals surface area contributed by atoms with Crippen LogP contribution < -0.4 is 16.6 Å². The van der Waals surface area contributed by atoms with Gasteiger partial charge in [-0.25, -0.2) is 10.2 Å². The summed E-state index contributed by atoms with van der Waals surface area (Å²) in [5.41, 5.74) is 3.54. The molecule has 13 heavy (non-hydrogen) atoms. The van der Waals surface area contributed by atoms with Gasteiger partial charge in [-0.05, 0) is 42.9 Å². The van der Waals surface area contributed by atoms with Crippen LogP contribution in [-0.2, 0) is 0 Å². The van der Waals surface area contributed by atoms with Gasteiger partial charge < -0.3 is 10.7 Å². The standard InChI is InChI=1S/C8H10FN3S/c1-5-4-6(2-3-7(5)9)11-8(13)12-10/h2-4H,10H2,1H3,(H2,11,12,13). The molecule has 0 fully saturated rings. The maximum atomic E-state index is 12.8. The number of halogens is 1. The van der Waals surface area contributed by atoms with Crippen LogP contribution in [-0.4, -0.2) is 5.11 Å². The highest BCUT2D eigenvalue weighted by Gasteiger charge is 1.99. The SMILES string of the molecule is Cc1cc(NC(=S)NN)ccc1F. The Hall–Kier alpha value is -1.20. The zero-order valence-corrected chi connectivity index (χ0v) is 7.91. The van der Waals surface area contributed by atoms with Crippen molar-refractivity contribution in [1.82, 2.24) is 5.43 Å². The summed E-state index contributed by atoms with van der Waals surface area (Å²) in [6.07, 6.45) is 0. The molecule has 4 N–H and O–H groups in total. The Morgan fingerprint density at radius 2 is 2.23 bits per heavy atom. The topological polar surface area (TPSA) is 50.1 Å². The minimum absolute atomic E-state index is 0.239. The second kappa shape index (κ2) is 4.15. The fraction of sp³-hybridized carbons (Fsp3) is 0.125. The van der Waals surface area contributed by atoms with Crippen molar-refractivity contribution in [2.75, 3.05) is 5.32 Å². The lowest BCUT2D eigenvalue weighted by Gasteiger charge is -2.07. The van der Waals surface area contributed by atoms with Crippen molar-refractivity contribution < 1.29 is 4.39 Å². The Balaban J connectivity index is 2.79. The lowest BCUT2D eigenvalue weighted by Crippen LogP contribution is -2.34. The number of aryl methyl sites for hydroxylation is 1. The van der Waals surface area contributed by atoms with Crippen LogP contribution in [0.3, 0.4) is 0 Å². The smallest absolute Gasteiger partial charge is 0.185 e. The van der Waals surface area contributed by atoms with Gasteiger partial charge in [0.15, 0.2) is 5.11 Å². The van der Waals surface area contributed by atoms with E-state index in [1.807, 2.05) is 0 Å². The van der Waals surface area contributed by atoms with E-state index >= 15 is 0 Å². The average molecular weight is 199 g/mol. The predicted octanol–water partition coefficient (Wildman–Crippen LogP) is 1.29. The minimum atomic E-state index is -0.239. The number of nitrogens with one attached hydrogen (secondary N) is 2. The normalized spacial score (nSPS) is 9.46. The largest absolute Gasteiger partial charge is 0.332 e. The van der Waals surface area contributed by atoms with Crippen LogP contribution in [0.4, 0.5) is 10.1 Å². The van der Waals surface area contributed by atoms with Crippen LogP contribution in [0, 0.1) is 12.7 Å². The molecule has 0 aliphatic heterocycles. The van der Waals surface area contributed by atoms with Gasteiger partial charge in [0.1, 0.15) is 5.82 Å². The minimum Gasteiger partial charge on any atom is -0.332 e. The first-order valence-corrected chi connectivity index (χ1v) is 4.08. The molecule has 0 aliphatic rings. The maximum Gasteiger partial charge on any atom is 0.185 e. The van der Waals surface area contributed by atoms with Crippen molar-refractivity contribution >= 4 is 23.0 Å². The van der Waals surface area contributed by atoms with Crippen molar-refractivity contribution in [3.05, 3.63) is 29.6 Å². The Labute approximate surface area is 81.1 Å². The van der Waals surface area contributed by atoms with Crippen molar-refractivity contribution in [3.8, 4) is 0 Å². The Morgan fingerprint density at radius 1 is 1.54 bits per heavy atom. The maximum absolute atomic E-state index is 12.8. The number of rotatable bonds is 1. The predicted molar refractivity (Wildman–Crippen MR) is 54.7 cm³/mol. The van der Waals surface area contributed by atoms with E-state index in [0.717, 1.165) is 0 Å². The Kier molecular flexibility index (Phi) is 3.16. The molecule has 1 aromatic carbocycles. The molecule has 0 saturated heterocycles. The summed E-state index contributed by atoms with van der Waals surface area (Å²) in [5, 5.41) is 3.09. The lowest BCUT2D eigenvalue weighted by molar-refractivity contribution is 0.619. The molecule has 0 aliphatic carbocycles. The molecule has 70 valence electrons. The quantitative estimate of drug-likeness (QED) is 0.362. The first-order chi connectivity index (χ1) is 6.13. The third-order valence-electron chi connectivity index (χ3n) is 1.55. The molecule has 0 radical (unpaired) electrons. The fourth-order valence-electron chi connectivity index (χ4n) is 0.890.